The molecule has 0 rings (SSSR count). The lowest BCUT2D eigenvalue weighted by Crippen LogP contribution is -2.29. The molecular weight excluding hydrogens is 592 g/mol. The minimum Gasteiger partial charge on any atom is -0.462 e. The molecule has 0 radical (unpaired) electrons. The van der Waals surface area contributed by atoms with Gasteiger partial charge in [0.25, 0.3) is 0 Å². The number of esters is 2. The van der Waals surface area contributed by atoms with Gasteiger partial charge in [0.2, 0.25) is 0 Å². The fourth-order valence-electron chi connectivity index (χ4n) is 5.22. The topological polar surface area (TPSA) is 113 Å². The summed E-state index contributed by atoms with van der Waals surface area (Å²) in [4.78, 5) is 24.3. The Hall–Kier alpha value is -1.96. The lowest BCUT2D eigenvalue weighted by atomic mass is 9.99. The number of aliphatic hydroxyl groups excluding tert-OH is 3. The van der Waals surface area contributed by atoms with Crippen LogP contribution in [0.5, 0.6) is 0 Å². The number of carbonyl (C=O) groups is 2. The number of unbranched alkanes of at least 4 members (excludes halogenated alkanes) is 12. The van der Waals surface area contributed by atoms with Crippen molar-refractivity contribution in [1.82, 2.24) is 0 Å². The maximum Gasteiger partial charge on any atom is 0.306 e. The van der Waals surface area contributed by atoms with Gasteiger partial charge in [-0.05, 0) is 57.3 Å². The first-order chi connectivity index (χ1) is 22.8. The van der Waals surface area contributed by atoms with Gasteiger partial charge in [-0.2, -0.15) is 0 Å². The Balaban J connectivity index is 3.84. The number of allylic oxidation sites excluding steroid dienone is 5. The normalized spacial score (nSPS) is 14.6. The van der Waals surface area contributed by atoms with Gasteiger partial charge in [-0.1, -0.05) is 141 Å². The third-order valence-electron chi connectivity index (χ3n) is 8.68. The van der Waals surface area contributed by atoms with Crippen molar-refractivity contribution in [3.8, 4) is 0 Å². The summed E-state index contributed by atoms with van der Waals surface area (Å²) in [7, 11) is 0. The molecule has 4 atom stereocenters. The summed E-state index contributed by atoms with van der Waals surface area (Å²) >= 11 is 0. The van der Waals surface area contributed by atoms with E-state index in [1.54, 1.807) is 0 Å². The molecular formula is C40H72O7. The summed E-state index contributed by atoms with van der Waals surface area (Å²) in [6, 6.07) is 0. The van der Waals surface area contributed by atoms with Crippen LogP contribution in [-0.2, 0) is 19.1 Å². The van der Waals surface area contributed by atoms with E-state index in [1.165, 1.54) is 77.0 Å². The van der Waals surface area contributed by atoms with Crippen molar-refractivity contribution >= 4 is 11.9 Å². The van der Waals surface area contributed by atoms with Crippen LogP contribution in [0.25, 0.3) is 0 Å². The van der Waals surface area contributed by atoms with Gasteiger partial charge in [0.15, 0.2) is 6.10 Å². The standard InChI is InChI=1S/C40H72O7/c1-4-6-7-8-9-10-11-12-16-19-22-25-29-37(42)38(43)30-27-32-40(45)47-36(33-41)34-46-39(44)31-26-23-20-17-14-13-15-18-21-24-28-35(3)5-2/h9-10,12,16,22,25,35-38,41-43H,4-8,11,13-15,17-21,23-24,26-34H2,1-3H3/b10-9-,16-12-,25-22-/t35?,36-,37?,38?/m0/s1. The van der Waals surface area contributed by atoms with Gasteiger partial charge in [-0.3, -0.25) is 9.59 Å². The molecule has 0 amide bonds. The van der Waals surface area contributed by atoms with Gasteiger partial charge in [0, 0.05) is 12.8 Å². The minimum absolute atomic E-state index is 0.0418. The lowest BCUT2D eigenvalue weighted by molar-refractivity contribution is -0.161. The molecule has 0 spiro atoms. The van der Waals surface area contributed by atoms with Crippen LogP contribution in [0, 0.1) is 5.92 Å². The van der Waals surface area contributed by atoms with Crippen molar-refractivity contribution in [2.75, 3.05) is 13.2 Å². The van der Waals surface area contributed by atoms with Gasteiger partial charge in [0.1, 0.15) is 6.61 Å². The van der Waals surface area contributed by atoms with E-state index in [1.807, 2.05) is 12.2 Å². The largest absolute Gasteiger partial charge is 0.462 e. The van der Waals surface area contributed by atoms with Crippen LogP contribution in [0.2, 0.25) is 0 Å². The van der Waals surface area contributed by atoms with Gasteiger partial charge < -0.3 is 24.8 Å². The molecule has 0 bridgehead atoms. The number of hydrogen-bond donors (Lipinski definition) is 3. The summed E-state index contributed by atoms with van der Waals surface area (Å²) in [6.07, 6.45) is 32.3. The van der Waals surface area contributed by atoms with Gasteiger partial charge >= 0.3 is 11.9 Å². The maximum absolute atomic E-state index is 12.2. The first-order valence-corrected chi connectivity index (χ1v) is 19.1. The van der Waals surface area contributed by atoms with E-state index >= 15 is 0 Å². The van der Waals surface area contributed by atoms with E-state index in [2.05, 4.69) is 45.1 Å². The zero-order chi connectivity index (χ0) is 34.8. The number of rotatable bonds is 33. The molecule has 0 fully saturated rings. The highest BCUT2D eigenvalue weighted by atomic mass is 16.6. The molecule has 274 valence electrons. The molecule has 0 aliphatic carbocycles. The zero-order valence-electron chi connectivity index (χ0n) is 30.4. The first kappa shape index (κ1) is 45.0. The fourth-order valence-corrected chi connectivity index (χ4v) is 5.22. The highest BCUT2D eigenvalue weighted by Crippen LogP contribution is 2.16. The zero-order valence-corrected chi connectivity index (χ0v) is 30.4. The lowest BCUT2D eigenvalue weighted by Gasteiger charge is -2.17. The first-order valence-electron chi connectivity index (χ1n) is 19.1. The average Bonchev–Trinajstić information content (AvgIpc) is 3.07. The SMILES string of the molecule is CCCCC/C=C\C/C=C\C/C=C\CC(O)C(O)CCCC(=O)O[C@@H](CO)COC(=O)CCCCCCCCCCCCC(C)CC. The van der Waals surface area contributed by atoms with Crippen LogP contribution in [0.4, 0.5) is 0 Å². The highest BCUT2D eigenvalue weighted by Gasteiger charge is 2.18. The Morgan fingerprint density at radius 1 is 0.638 bits per heavy atom. The quantitative estimate of drug-likeness (QED) is 0.0364. The molecule has 47 heavy (non-hydrogen) atoms. The van der Waals surface area contributed by atoms with E-state index in [0.29, 0.717) is 19.3 Å². The molecule has 0 aliphatic heterocycles. The van der Waals surface area contributed by atoms with Gasteiger partial charge in [-0.15, -0.1) is 0 Å². The average molecular weight is 665 g/mol. The molecule has 7 nitrogen and oxygen atoms in total. The van der Waals surface area contributed by atoms with Crippen molar-refractivity contribution in [3.63, 3.8) is 0 Å². The van der Waals surface area contributed by atoms with Crippen LogP contribution in [-0.4, -0.2) is 58.8 Å². The Kier molecular flexibility index (Phi) is 32.5. The number of aliphatic hydroxyl groups is 3. The van der Waals surface area contributed by atoms with Crippen molar-refractivity contribution in [3.05, 3.63) is 36.5 Å². The predicted molar refractivity (Wildman–Crippen MR) is 194 cm³/mol. The molecule has 0 aromatic heterocycles. The van der Waals surface area contributed by atoms with Crippen molar-refractivity contribution in [2.24, 2.45) is 5.92 Å². The summed E-state index contributed by atoms with van der Waals surface area (Å²) < 4.78 is 10.5. The predicted octanol–water partition coefficient (Wildman–Crippen LogP) is 9.47. The number of hydrogen-bond acceptors (Lipinski definition) is 7. The second-order valence-corrected chi connectivity index (χ2v) is 13.2. The van der Waals surface area contributed by atoms with Crippen molar-refractivity contribution in [2.45, 2.75) is 187 Å². The van der Waals surface area contributed by atoms with E-state index in [0.717, 1.165) is 44.4 Å². The van der Waals surface area contributed by atoms with Gasteiger partial charge in [0.05, 0.1) is 18.8 Å². The van der Waals surface area contributed by atoms with Gasteiger partial charge in [-0.25, -0.2) is 0 Å². The smallest absolute Gasteiger partial charge is 0.306 e. The van der Waals surface area contributed by atoms with Crippen LogP contribution in [0.15, 0.2) is 36.5 Å². The molecule has 0 saturated heterocycles. The van der Waals surface area contributed by atoms with Crippen molar-refractivity contribution in [1.29, 1.82) is 0 Å². The summed E-state index contributed by atoms with van der Waals surface area (Å²) in [5.74, 6) is -0.0149. The summed E-state index contributed by atoms with van der Waals surface area (Å²) in [5.41, 5.74) is 0. The molecule has 0 aromatic carbocycles. The summed E-state index contributed by atoms with van der Waals surface area (Å²) in [6.45, 7) is 6.21. The maximum atomic E-state index is 12.2. The van der Waals surface area contributed by atoms with Crippen LogP contribution in [0.3, 0.4) is 0 Å². The molecule has 3 N–H and O–H groups in total. The Morgan fingerprint density at radius 2 is 1.21 bits per heavy atom. The molecule has 0 aromatic rings. The van der Waals surface area contributed by atoms with E-state index in [-0.39, 0.29) is 25.4 Å². The summed E-state index contributed by atoms with van der Waals surface area (Å²) in [5, 5.41) is 30.0. The van der Waals surface area contributed by atoms with Crippen LogP contribution < -0.4 is 0 Å². The Labute approximate surface area is 288 Å². The molecule has 0 aliphatic rings. The molecule has 0 heterocycles. The fraction of sp³-hybridized carbons (Fsp3) is 0.800. The minimum atomic E-state index is -0.940. The second kappa shape index (κ2) is 33.9. The molecule has 7 heteroatoms. The molecule has 3 unspecified atom stereocenters. The number of ether oxygens (including phenoxy) is 2. The van der Waals surface area contributed by atoms with Crippen LogP contribution in [0.1, 0.15) is 168 Å². The molecule has 0 saturated carbocycles. The third-order valence-corrected chi connectivity index (χ3v) is 8.68. The Morgan fingerprint density at radius 3 is 1.83 bits per heavy atom. The Bertz CT molecular complexity index is 806. The monoisotopic (exact) mass is 665 g/mol. The van der Waals surface area contributed by atoms with Crippen molar-refractivity contribution < 1.29 is 34.4 Å². The van der Waals surface area contributed by atoms with E-state index < -0.39 is 30.9 Å². The second-order valence-electron chi connectivity index (χ2n) is 13.2. The van der Waals surface area contributed by atoms with E-state index in [9.17, 15) is 24.9 Å². The van der Waals surface area contributed by atoms with E-state index in [4.69, 9.17) is 9.47 Å². The highest BCUT2D eigenvalue weighted by molar-refractivity contribution is 5.70. The third kappa shape index (κ3) is 31.1. The van der Waals surface area contributed by atoms with Crippen LogP contribution >= 0.6 is 0 Å². The number of carbonyl (C=O) groups excluding carboxylic acids is 2.